The first-order chi connectivity index (χ1) is 33.1. The van der Waals surface area contributed by atoms with Crippen LogP contribution in [0.15, 0.2) is 92.2 Å². The Morgan fingerprint density at radius 2 is 1.78 bits per heavy atom. The fourth-order valence-corrected chi connectivity index (χ4v) is 10.6. The summed E-state index contributed by atoms with van der Waals surface area (Å²) in [5, 5.41) is 33.9. The minimum absolute atomic E-state index is 0.0830. The molecular weight excluding hydrogens is 952 g/mol. The summed E-state index contributed by atoms with van der Waals surface area (Å²) in [6, 6.07) is 0. The second-order valence-corrected chi connectivity index (χ2v) is 20.0. The number of halogens is 1. The van der Waals surface area contributed by atoms with Gasteiger partial charge in [-0.05, 0) is 75.1 Å². The molecule has 4 saturated heterocycles. The van der Waals surface area contributed by atoms with Crippen molar-refractivity contribution in [2.24, 2.45) is 11.8 Å². The molecule has 0 aromatic carbocycles. The van der Waals surface area contributed by atoms with Crippen LogP contribution in [0.5, 0.6) is 0 Å². The third-order valence-electron chi connectivity index (χ3n) is 13.9. The van der Waals surface area contributed by atoms with Crippen LogP contribution in [0.4, 0.5) is 0 Å². The van der Waals surface area contributed by atoms with Crippen molar-refractivity contribution in [2.75, 3.05) is 14.2 Å². The molecule has 378 valence electrons. The molecule has 0 amide bonds. The zero-order valence-corrected chi connectivity index (χ0v) is 42.3. The smallest absolute Gasteiger partial charge is 0.330 e. The van der Waals surface area contributed by atoms with E-state index < -0.39 is 48.4 Å². The Morgan fingerprint density at radius 1 is 0.986 bits per heavy atom. The van der Waals surface area contributed by atoms with Crippen molar-refractivity contribution in [3.8, 4) is 0 Å². The minimum atomic E-state index is -1.73. The lowest BCUT2D eigenvalue weighted by Gasteiger charge is -2.44. The Balaban J connectivity index is 1.06. The molecule has 16 heteroatoms. The summed E-state index contributed by atoms with van der Waals surface area (Å²) in [5.41, 5.74) is 3.86. The zero-order valence-electron chi connectivity index (χ0n) is 40.7. The number of ether oxygens (including phenoxy) is 7. The highest BCUT2D eigenvalue weighted by Crippen LogP contribution is 2.40. The van der Waals surface area contributed by atoms with Crippen LogP contribution < -0.4 is 0 Å². The van der Waals surface area contributed by atoms with Crippen LogP contribution in [0.2, 0.25) is 0 Å². The van der Waals surface area contributed by atoms with Gasteiger partial charge in [0.25, 0.3) is 0 Å². The van der Waals surface area contributed by atoms with Crippen molar-refractivity contribution >= 4 is 34.1 Å². The molecule has 15 nitrogen and oxygen atoms in total. The second kappa shape index (κ2) is 24.5. The van der Waals surface area contributed by atoms with E-state index >= 15 is 0 Å². The van der Waals surface area contributed by atoms with E-state index in [9.17, 15) is 20.1 Å². The largest absolute Gasteiger partial charge is 0.458 e. The van der Waals surface area contributed by atoms with Gasteiger partial charge in [0.2, 0.25) is 5.89 Å². The average Bonchev–Trinajstić information content (AvgIpc) is 3.96. The first kappa shape index (κ1) is 53.0. The topological polar surface area (TPSA) is 194 Å². The predicted molar refractivity (Wildman–Crippen MR) is 261 cm³/mol. The van der Waals surface area contributed by atoms with Gasteiger partial charge in [0.1, 0.15) is 36.1 Å². The van der Waals surface area contributed by atoms with Crippen LogP contribution in [0.3, 0.4) is 0 Å². The zero-order chi connectivity index (χ0) is 49.2. The third kappa shape index (κ3) is 14.6. The summed E-state index contributed by atoms with van der Waals surface area (Å²) in [4.78, 5) is 24.8. The highest BCUT2D eigenvalue weighted by Gasteiger charge is 2.45. The van der Waals surface area contributed by atoms with E-state index in [1.807, 2.05) is 64.2 Å². The number of fused-ring (bicyclic) bond motifs is 9. The molecule has 0 spiro atoms. The number of nitrogens with zero attached hydrogens (tertiary/aromatic N) is 2. The summed E-state index contributed by atoms with van der Waals surface area (Å²) < 4.78 is 55.2. The van der Waals surface area contributed by atoms with E-state index in [1.165, 1.54) is 12.3 Å². The number of rotatable bonds is 12. The summed E-state index contributed by atoms with van der Waals surface area (Å²) in [6.45, 7) is 12.2. The number of allylic oxidation sites excluding steroid dienone is 2. The average molecular weight is 1020 g/mol. The number of aliphatic hydroxyl groups excluding tert-OH is 2. The molecule has 5 aliphatic heterocycles. The molecule has 3 N–H and O–H groups in total. The standard InChI is InChI=1S/C53H71BrN2O13/c1-31(16-17-38(61-6)12-10-18-54)21-44(58)47-26-42(62-7)27-53(60,69-47)28-49-55-36(29-63-49)22-33(3)51-35(5)52-34(4)45(67-51)13-9-14-48-56-43(30-64-48)46-24-37(57)23-41(66-46)25-40-20-32(2)19-39(65-40)11-8-15-50(59)68-52/h8-10,14-18,21-22,29-30,34-35,37-42,44-47,51-52,57-58,60H,2,11-13,19-20,23-28H2,1,3-7H3/b14-9+,15-8-,17-16+,18-10+,31-21+,33-22+/t34-,35-,37+,38-,39-,40+,41-,42-,44+,45+,46+,47-,51-,52+,53+/m1/s1. The van der Waals surface area contributed by atoms with Crippen molar-refractivity contribution < 1.29 is 62.1 Å². The summed E-state index contributed by atoms with van der Waals surface area (Å²) in [6.07, 6.45) is 19.5. The van der Waals surface area contributed by atoms with E-state index in [-0.39, 0.29) is 67.2 Å². The first-order valence-corrected chi connectivity index (χ1v) is 25.2. The number of esters is 1. The van der Waals surface area contributed by atoms with Gasteiger partial charge >= 0.3 is 5.97 Å². The van der Waals surface area contributed by atoms with Crippen LogP contribution in [0, 0.1) is 11.8 Å². The Morgan fingerprint density at radius 3 is 2.57 bits per heavy atom. The quantitative estimate of drug-likeness (QED) is 0.104. The van der Waals surface area contributed by atoms with Crippen molar-refractivity contribution in [3.05, 3.63) is 107 Å². The molecule has 0 unspecified atom stereocenters. The number of oxazole rings is 2. The molecule has 69 heavy (non-hydrogen) atoms. The van der Waals surface area contributed by atoms with Crippen LogP contribution in [-0.4, -0.2) is 118 Å². The maximum absolute atomic E-state index is 13.6. The van der Waals surface area contributed by atoms with Gasteiger partial charge in [0.05, 0.1) is 67.5 Å². The lowest BCUT2D eigenvalue weighted by molar-refractivity contribution is -0.286. The number of methoxy groups -OCH3 is 2. The molecule has 4 fully saturated rings. The Hall–Kier alpha value is -3.81. The number of carbonyl (C=O) groups excluding carboxylic acids is 1. The summed E-state index contributed by atoms with van der Waals surface area (Å²) >= 11 is 3.28. The molecular formula is C53H71BrN2O13. The van der Waals surface area contributed by atoms with Gasteiger partial charge < -0.3 is 57.3 Å². The van der Waals surface area contributed by atoms with E-state index in [2.05, 4.69) is 22.5 Å². The molecule has 15 atom stereocenters. The molecule has 7 rings (SSSR count). The van der Waals surface area contributed by atoms with Crippen LogP contribution in [-0.2, 0) is 44.4 Å². The monoisotopic (exact) mass is 1020 g/mol. The SMILES string of the molecule is C=C1C[C@H]2C/C=C\C(=O)O[C@H]3[C@H](C)[C@H](C/C=C/c4nc(co4)[C@@H]4C[C@@H](O)C[C@H](C[C@H](C1)O2)O4)O[C@H](/C(C)=C/c1coc(C[C@]2(O)C[C@H](OC)C[C@H]([C@@H](O)/C=C(C)/C=C/[C@@H](C/C=C/Br)OC)O2)n1)[C@H]3C. The van der Waals surface area contributed by atoms with Gasteiger partial charge in [-0.25, -0.2) is 14.8 Å². The van der Waals surface area contributed by atoms with Crippen LogP contribution in [0.25, 0.3) is 12.2 Å². The van der Waals surface area contributed by atoms with Crippen molar-refractivity contribution in [1.82, 2.24) is 9.97 Å². The van der Waals surface area contributed by atoms with E-state index in [4.69, 9.17) is 52.0 Å². The predicted octanol–water partition coefficient (Wildman–Crippen LogP) is 8.76. The van der Waals surface area contributed by atoms with Gasteiger partial charge in [-0.2, -0.15) is 0 Å². The van der Waals surface area contributed by atoms with Crippen molar-refractivity contribution in [2.45, 2.75) is 177 Å². The summed E-state index contributed by atoms with van der Waals surface area (Å²) in [5.74, 6) is -1.95. The maximum atomic E-state index is 13.6. The minimum Gasteiger partial charge on any atom is -0.458 e. The van der Waals surface area contributed by atoms with Crippen molar-refractivity contribution in [1.29, 1.82) is 0 Å². The third-order valence-corrected chi connectivity index (χ3v) is 14.2. The van der Waals surface area contributed by atoms with E-state index in [0.717, 1.165) is 16.7 Å². The van der Waals surface area contributed by atoms with Gasteiger partial charge in [-0.3, -0.25) is 0 Å². The van der Waals surface area contributed by atoms with Gasteiger partial charge in [-0.1, -0.05) is 84.0 Å². The van der Waals surface area contributed by atoms with Crippen LogP contribution >= 0.6 is 15.9 Å². The number of aliphatic hydroxyl groups is 3. The molecule has 2 aromatic heterocycles. The number of hydrogen-bond donors (Lipinski definition) is 3. The van der Waals surface area contributed by atoms with Gasteiger partial charge in [0.15, 0.2) is 11.7 Å². The van der Waals surface area contributed by atoms with Crippen LogP contribution in [0.1, 0.15) is 121 Å². The molecule has 0 saturated carbocycles. The van der Waals surface area contributed by atoms with Gasteiger partial charge in [0, 0.05) is 57.8 Å². The van der Waals surface area contributed by atoms with E-state index in [0.29, 0.717) is 75.1 Å². The second-order valence-electron chi connectivity index (χ2n) is 19.5. The number of carbonyl (C=O) groups is 1. The van der Waals surface area contributed by atoms with Crippen molar-refractivity contribution in [3.63, 3.8) is 0 Å². The number of aromatic nitrogens is 2. The lowest BCUT2D eigenvalue weighted by Crippen LogP contribution is -2.51. The fraction of sp³-hybridized carbons (Fsp3) is 0.604. The molecule has 2 aromatic rings. The highest BCUT2D eigenvalue weighted by molar-refractivity contribution is 9.11. The normalized spacial score (nSPS) is 36.1. The number of hydrogen-bond acceptors (Lipinski definition) is 15. The molecule has 0 aliphatic carbocycles. The molecule has 8 bridgehead atoms. The first-order valence-electron chi connectivity index (χ1n) is 24.3. The Labute approximate surface area is 414 Å². The fourth-order valence-electron chi connectivity index (χ4n) is 10.4. The Bertz CT molecular complexity index is 2210. The maximum Gasteiger partial charge on any atom is 0.330 e. The Kier molecular flexibility index (Phi) is 18.9. The van der Waals surface area contributed by atoms with Gasteiger partial charge in [-0.15, -0.1) is 0 Å². The molecule has 0 radical (unpaired) electrons. The van der Waals surface area contributed by atoms with E-state index in [1.54, 1.807) is 37.6 Å². The summed E-state index contributed by atoms with van der Waals surface area (Å²) in [7, 11) is 3.22. The highest BCUT2D eigenvalue weighted by atomic mass is 79.9. The molecule has 7 heterocycles. The molecule has 5 aliphatic rings. The lowest BCUT2D eigenvalue weighted by atomic mass is 9.79.